The van der Waals surface area contributed by atoms with Gasteiger partial charge >= 0.3 is 18.3 Å². The number of carboxylic acid groups (broad SMARTS) is 1. The number of ether oxygens (including phenoxy) is 3. The number of fused-ring (bicyclic) bond motifs is 2. The van der Waals surface area contributed by atoms with Crippen LogP contribution in [-0.2, 0) is 17.1 Å². The SMILES string of the molecule is C.C1CCOC1.COc1cc2nn(C3CC(C(C)(C)O)C3)cc2cc1N.COc1cc2nn(C3CC(C(C)(C)O)C3)cc2cc1NC(=O)c1cc(C(F)(F)F)ccn1.O=C(O)c1cc(C(F)(F)F)ccn1. The van der Waals surface area contributed by atoms with Crippen LogP contribution in [0.4, 0.5) is 37.7 Å². The number of hydrogen-bond acceptors (Lipinski definition) is 12. The minimum absolute atomic E-state index is 0. The van der Waals surface area contributed by atoms with Gasteiger partial charge in [0.2, 0.25) is 0 Å². The molecule has 6 N–H and O–H groups in total. The first-order valence-electron chi connectivity index (χ1n) is 22.3. The van der Waals surface area contributed by atoms with E-state index >= 15 is 0 Å². The number of aromatic nitrogens is 6. The Morgan fingerprint density at radius 1 is 0.704 bits per heavy atom. The molecule has 2 aromatic carbocycles. The van der Waals surface area contributed by atoms with E-state index in [1.165, 1.54) is 20.0 Å². The molecule has 0 spiro atoms. The molecule has 0 bridgehead atoms. The number of nitrogens with zero attached hydrogens (tertiary/aromatic N) is 6. The zero-order valence-corrected chi connectivity index (χ0v) is 39.3. The van der Waals surface area contributed by atoms with E-state index < -0.39 is 52.3 Å². The van der Waals surface area contributed by atoms with E-state index in [2.05, 4.69) is 25.5 Å². The largest absolute Gasteiger partial charge is 0.495 e. The third kappa shape index (κ3) is 14.1. The summed E-state index contributed by atoms with van der Waals surface area (Å²) in [6.45, 7) is 9.34. The maximum atomic E-state index is 12.9. The van der Waals surface area contributed by atoms with Crippen molar-refractivity contribution in [2.45, 2.75) is 109 Å². The van der Waals surface area contributed by atoms with Crippen LogP contribution in [0, 0.1) is 11.8 Å². The predicted octanol–water partition coefficient (Wildman–Crippen LogP) is 10.0. The zero-order valence-electron chi connectivity index (χ0n) is 39.3. The second-order valence-electron chi connectivity index (χ2n) is 18.4. The van der Waals surface area contributed by atoms with Crippen molar-refractivity contribution in [1.29, 1.82) is 0 Å². The Labute approximate surface area is 406 Å². The van der Waals surface area contributed by atoms with Crippen molar-refractivity contribution in [3.8, 4) is 11.5 Å². The van der Waals surface area contributed by atoms with Crippen LogP contribution in [0.5, 0.6) is 11.5 Å². The van der Waals surface area contributed by atoms with Gasteiger partial charge in [0.25, 0.3) is 5.91 Å². The number of nitrogen functional groups attached to an aromatic ring is 1. The molecule has 1 aliphatic heterocycles. The molecule has 5 heterocycles. The fraction of sp³-hybridized carbons (Fsp3) is 0.469. The second kappa shape index (κ2) is 22.3. The average Bonchev–Trinajstić information content (AvgIpc) is 4.04. The first-order chi connectivity index (χ1) is 32.7. The molecule has 0 unspecified atom stereocenters. The Morgan fingerprint density at radius 3 is 1.55 bits per heavy atom. The number of methoxy groups -OCH3 is 2. The van der Waals surface area contributed by atoms with Crippen molar-refractivity contribution < 1.29 is 65.5 Å². The predicted molar refractivity (Wildman–Crippen MR) is 253 cm³/mol. The highest BCUT2D eigenvalue weighted by Crippen LogP contribution is 2.45. The zero-order chi connectivity index (χ0) is 51.3. The van der Waals surface area contributed by atoms with Crippen LogP contribution >= 0.6 is 0 Å². The maximum absolute atomic E-state index is 12.9. The highest BCUT2D eigenvalue weighted by atomic mass is 19.4. The summed E-state index contributed by atoms with van der Waals surface area (Å²) in [5.74, 6) is -0.736. The molecule has 1 saturated heterocycles. The number of pyridine rings is 2. The number of carboxylic acids is 1. The molecule has 386 valence electrons. The summed E-state index contributed by atoms with van der Waals surface area (Å²) < 4.78 is 94.2. The van der Waals surface area contributed by atoms with Crippen molar-refractivity contribution in [2.24, 2.45) is 11.8 Å². The fourth-order valence-electron chi connectivity index (χ4n) is 7.89. The van der Waals surface area contributed by atoms with Crippen LogP contribution in [0.25, 0.3) is 21.8 Å². The number of nitrogens with one attached hydrogen (secondary N) is 1. The number of carbonyl (C=O) groups is 2. The van der Waals surface area contributed by atoms with Crippen molar-refractivity contribution >= 4 is 45.1 Å². The molecule has 71 heavy (non-hydrogen) atoms. The number of nitrogens with two attached hydrogens (primary N) is 1. The van der Waals surface area contributed by atoms with E-state index in [4.69, 9.17) is 25.1 Å². The van der Waals surface area contributed by atoms with Gasteiger partial charge in [-0.2, -0.15) is 36.5 Å². The third-order valence-corrected chi connectivity index (χ3v) is 12.4. The number of halogens is 6. The van der Waals surface area contributed by atoms with E-state index in [1.54, 1.807) is 33.1 Å². The van der Waals surface area contributed by atoms with Gasteiger partial charge in [0.1, 0.15) is 22.9 Å². The number of carbonyl (C=O) groups excluding carboxylic acids is 1. The van der Waals surface area contributed by atoms with E-state index in [1.807, 2.05) is 47.7 Å². The van der Waals surface area contributed by atoms with Crippen LogP contribution < -0.4 is 20.5 Å². The second-order valence-corrected chi connectivity index (χ2v) is 18.4. The van der Waals surface area contributed by atoms with Gasteiger partial charge in [-0.05, 0) is 114 Å². The molecule has 22 heteroatoms. The molecule has 3 fully saturated rings. The van der Waals surface area contributed by atoms with Gasteiger partial charge in [-0.15, -0.1) is 0 Å². The molecule has 2 saturated carbocycles. The van der Waals surface area contributed by atoms with Gasteiger partial charge < -0.3 is 40.6 Å². The smallest absolute Gasteiger partial charge is 0.416 e. The Balaban J connectivity index is 0.000000204. The van der Waals surface area contributed by atoms with Gasteiger partial charge in [-0.25, -0.2) is 9.78 Å². The quantitative estimate of drug-likeness (QED) is 0.0673. The molecule has 1 amide bonds. The number of alkyl halides is 6. The molecule has 0 atom stereocenters. The lowest BCUT2D eigenvalue weighted by atomic mass is 9.71. The standard InChI is InChI=1S/C22H23F3N4O3.C15H21N3O2.C7H4F3NO2.C4H8O.CH4/c1-21(2,31)14-7-15(8-14)29-11-12-6-17(19(32-3)10-16(12)28-29)27-20(30)18-9-13(4-5-26-18)22(23,24)25;1-15(2,19)10-5-11(6-10)18-8-9-4-12(16)14(20-3)7-13(9)17-18;8-7(9,10)4-1-2-11-5(3-4)6(12)13;1-2-4-5-3-1;/h4-6,9-11,14-15,31H,7-8H2,1-3H3,(H,27,30);4,7-8,10-11,19H,5-6,16H2,1-3H3;1-3H,(H,12,13);1-4H2;1H4. The Morgan fingerprint density at radius 2 is 1.14 bits per heavy atom. The van der Waals surface area contributed by atoms with Crippen LogP contribution in [-0.4, -0.2) is 95.4 Å². The lowest BCUT2D eigenvalue weighted by molar-refractivity contribution is -0.138. The maximum Gasteiger partial charge on any atom is 0.416 e. The molecule has 4 aromatic heterocycles. The Bertz CT molecular complexity index is 2760. The number of aromatic carboxylic acids is 1. The van der Waals surface area contributed by atoms with Gasteiger partial charge in [-0.3, -0.25) is 19.1 Å². The fourth-order valence-corrected chi connectivity index (χ4v) is 7.89. The summed E-state index contributed by atoms with van der Waals surface area (Å²) in [4.78, 5) is 29.8. The first-order valence-corrected chi connectivity index (χ1v) is 22.3. The lowest BCUT2D eigenvalue weighted by Gasteiger charge is -2.42. The number of anilines is 2. The lowest BCUT2D eigenvalue weighted by Crippen LogP contribution is -2.41. The monoisotopic (exact) mass is 1000 g/mol. The Kier molecular flexibility index (Phi) is 17.4. The van der Waals surface area contributed by atoms with Crippen molar-refractivity contribution in [2.75, 3.05) is 38.5 Å². The van der Waals surface area contributed by atoms with Crippen molar-refractivity contribution in [1.82, 2.24) is 29.5 Å². The first kappa shape index (κ1) is 55.4. The summed E-state index contributed by atoms with van der Waals surface area (Å²) >= 11 is 0. The molecule has 16 nitrogen and oxygen atoms in total. The minimum atomic E-state index is -4.57. The van der Waals surface area contributed by atoms with E-state index in [0.29, 0.717) is 58.5 Å². The van der Waals surface area contributed by atoms with Crippen LogP contribution in [0.1, 0.15) is 118 Å². The van der Waals surface area contributed by atoms with Crippen LogP contribution in [0.3, 0.4) is 0 Å². The molecular formula is C49H60F6N8O8. The average molecular weight is 1000 g/mol. The summed E-state index contributed by atoms with van der Waals surface area (Å²) in [6.07, 6.45) is 2.61. The molecule has 9 rings (SSSR count). The van der Waals surface area contributed by atoms with E-state index in [9.17, 15) is 46.1 Å². The topological polar surface area (TPSA) is 222 Å². The summed E-state index contributed by atoms with van der Waals surface area (Å²) in [6, 6.07) is 10.3. The molecule has 2 aliphatic carbocycles. The van der Waals surface area contributed by atoms with Crippen LogP contribution in [0.15, 0.2) is 73.3 Å². The highest BCUT2D eigenvalue weighted by molar-refractivity contribution is 6.05. The van der Waals surface area contributed by atoms with Gasteiger partial charge in [0.05, 0.1) is 71.0 Å². The number of rotatable bonds is 9. The van der Waals surface area contributed by atoms with E-state index in [0.717, 1.165) is 73.6 Å². The highest BCUT2D eigenvalue weighted by Gasteiger charge is 2.41. The number of benzene rings is 2. The molecule has 3 aliphatic rings. The molecular weight excluding hydrogens is 943 g/mol. The van der Waals surface area contributed by atoms with E-state index in [-0.39, 0.29) is 25.1 Å². The number of hydrogen-bond donors (Lipinski definition) is 5. The summed E-state index contributed by atoms with van der Waals surface area (Å²) in [5, 5.41) is 42.0. The number of amides is 1. The summed E-state index contributed by atoms with van der Waals surface area (Å²) in [5.41, 5.74) is 4.11. The minimum Gasteiger partial charge on any atom is -0.495 e. The normalized spacial score (nSPS) is 18.7. The van der Waals surface area contributed by atoms with Gasteiger partial charge in [-0.1, -0.05) is 7.43 Å². The Hall–Kier alpha value is -6.52. The van der Waals surface area contributed by atoms with Gasteiger partial charge in [0.15, 0.2) is 0 Å². The van der Waals surface area contributed by atoms with Crippen molar-refractivity contribution in [3.63, 3.8) is 0 Å². The third-order valence-electron chi connectivity index (χ3n) is 12.4. The summed E-state index contributed by atoms with van der Waals surface area (Å²) in [7, 11) is 3.03. The molecule has 6 aromatic rings. The molecule has 0 radical (unpaired) electrons. The number of aliphatic hydroxyl groups is 2. The van der Waals surface area contributed by atoms with Gasteiger partial charge in [0, 0.05) is 60.9 Å². The van der Waals surface area contributed by atoms with Crippen LogP contribution in [0.2, 0.25) is 0 Å². The van der Waals surface area contributed by atoms with Crippen molar-refractivity contribution in [3.05, 3.63) is 95.8 Å².